The largest absolute Gasteiger partial charge is 0.478 e. The smallest absolute Gasteiger partial charge is 0.339 e. The van der Waals surface area contributed by atoms with Crippen LogP contribution in [0, 0.1) is 6.92 Å². The number of aliphatic hydroxyl groups is 1. The van der Waals surface area contributed by atoms with E-state index in [1.54, 1.807) is 12.1 Å². The Morgan fingerprint density at radius 3 is 2.76 bits per heavy atom. The Balaban J connectivity index is 2.56. The standard InChI is InChI=1S/C12H18N2O3/c1-9-5-6-10(12(16)17)11(14-9)13-7-3-2-4-8-15/h5-6,15H,2-4,7-8H2,1H3,(H,13,14)(H,16,17). The molecule has 0 aromatic carbocycles. The number of carbonyl (C=O) groups is 1. The molecule has 5 nitrogen and oxygen atoms in total. The van der Waals surface area contributed by atoms with Crippen LogP contribution in [0.25, 0.3) is 0 Å². The predicted molar refractivity (Wildman–Crippen MR) is 65.4 cm³/mol. The van der Waals surface area contributed by atoms with E-state index >= 15 is 0 Å². The quantitative estimate of drug-likeness (QED) is 0.629. The fraction of sp³-hybridized carbons (Fsp3) is 0.500. The van der Waals surface area contributed by atoms with Crippen molar-refractivity contribution in [3.8, 4) is 0 Å². The highest BCUT2D eigenvalue weighted by atomic mass is 16.4. The van der Waals surface area contributed by atoms with Crippen molar-refractivity contribution in [2.75, 3.05) is 18.5 Å². The second kappa shape index (κ2) is 6.85. The van der Waals surface area contributed by atoms with Crippen molar-refractivity contribution in [2.24, 2.45) is 0 Å². The molecule has 0 fully saturated rings. The van der Waals surface area contributed by atoms with E-state index in [2.05, 4.69) is 10.3 Å². The molecule has 3 N–H and O–H groups in total. The average Bonchev–Trinajstić information content (AvgIpc) is 2.28. The fourth-order valence-electron chi connectivity index (χ4n) is 1.48. The maximum Gasteiger partial charge on any atom is 0.339 e. The lowest BCUT2D eigenvalue weighted by atomic mass is 10.2. The average molecular weight is 238 g/mol. The molecule has 0 saturated carbocycles. The zero-order chi connectivity index (χ0) is 12.7. The SMILES string of the molecule is Cc1ccc(C(=O)O)c(NCCCCCO)n1. The van der Waals surface area contributed by atoms with Crippen LogP contribution in [-0.2, 0) is 0 Å². The highest BCUT2D eigenvalue weighted by molar-refractivity contribution is 5.93. The van der Waals surface area contributed by atoms with E-state index in [1.165, 1.54) is 0 Å². The van der Waals surface area contributed by atoms with Crippen LogP contribution in [0.5, 0.6) is 0 Å². The van der Waals surface area contributed by atoms with Gasteiger partial charge in [-0.2, -0.15) is 0 Å². The van der Waals surface area contributed by atoms with Gasteiger partial charge in [-0.25, -0.2) is 9.78 Å². The molecule has 1 rings (SSSR count). The highest BCUT2D eigenvalue weighted by Gasteiger charge is 2.10. The van der Waals surface area contributed by atoms with Crippen LogP contribution >= 0.6 is 0 Å². The van der Waals surface area contributed by atoms with Gasteiger partial charge in [-0.05, 0) is 38.3 Å². The molecule has 0 radical (unpaired) electrons. The van der Waals surface area contributed by atoms with Crippen molar-refractivity contribution in [1.82, 2.24) is 4.98 Å². The summed E-state index contributed by atoms with van der Waals surface area (Å²) in [6.07, 6.45) is 2.57. The molecule has 0 spiro atoms. The van der Waals surface area contributed by atoms with Gasteiger partial charge in [0.1, 0.15) is 11.4 Å². The van der Waals surface area contributed by atoms with E-state index < -0.39 is 5.97 Å². The molecular weight excluding hydrogens is 220 g/mol. The summed E-state index contributed by atoms with van der Waals surface area (Å²) in [7, 11) is 0. The number of pyridine rings is 1. The number of unbranched alkanes of at least 4 members (excludes halogenated alkanes) is 2. The number of carboxylic acids is 1. The molecule has 0 aliphatic heterocycles. The third-order valence-electron chi connectivity index (χ3n) is 2.39. The zero-order valence-corrected chi connectivity index (χ0v) is 9.94. The number of hydrogen-bond acceptors (Lipinski definition) is 4. The molecule has 0 aliphatic rings. The van der Waals surface area contributed by atoms with Crippen molar-refractivity contribution in [2.45, 2.75) is 26.2 Å². The van der Waals surface area contributed by atoms with Gasteiger partial charge in [0, 0.05) is 18.8 Å². The van der Waals surface area contributed by atoms with Crippen molar-refractivity contribution < 1.29 is 15.0 Å². The van der Waals surface area contributed by atoms with Gasteiger partial charge in [-0.15, -0.1) is 0 Å². The maximum atomic E-state index is 11.0. The minimum Gasteiger partial charge on any atom is -0.478 e. The Hall–Kier alpha value is -1.62. The minimum absolute atomic E-state index is 0.192. The monoisotopic (exact) mass is 238 g/mol. The Labute approximate surface area is 101 Å². The van der Waals surface area contributed by atoms with E-state index in [4.69, 9.17) is 10.2 Å². The van der Waals surface area contributed by atoms with Gasteiger partial charge in [-0.3, -0.25) is 0 Å². The summed E-state index contributed by atoms with van der Waals surface area (Å²) in [5, 5.41) is 20.6. The number of carboxylic acid groups (broad SMARTS) is 1. The molecule has 0 bridgehead atoms. The van der Waals surface area contributed by atoms with E-state index in [0.29, 0.717) is 12.4 Å². The van der Waals surface area contributed by atoms with Gasteiger partial charge < -0.3 is 15.5 Å². The summed E-state index contributed by atoms with van der Waals surface area (Å²) >= 11 is 0. The molecule has 0 amide bonds. The number of aryl methyl sites for hydroxylation is 1. The third-order valence-corrected chi connectivity index (χ3v) is 2.39. The molecule has 1 heterocycles. The van der Waals surface area contributed by atoms with Crippen LogP contribution in [0.3, 0.4) is 0 Å². The lowest BCUT2D eigenvalue weighted by Gasteiger charge is -2.09. The normalized spacial score (nSPS) is 10.2. The molecule has 0 saturated heterocycles. The second-order valence-corrected chi connectivity index (χ2v) is 3.86. The lowest BCUT2D eigenvalue weighted by molar-refractivity contribution is 0.0697. The number of rotatable bonds is 7. The van der Waals surface area contributed by atoms with Gasteiger partial charge in [-0.1, -0.05) is 0 Å². The van der Waals surface area contributed by atoms with Crippen molar-refractivity contribution in [3.63, 3.8) is 0 Å². The van der Waals surface area contributed by atoms with E-state index in [9.17, 15) is 4.79 Å². The van der Waals surface area contributed by atoms with Crippen molar-refractivity contribution in [3.05, 3.63) is 23.4 Å². The number of aromatic carboxylic acids is 1. The second-order valence-electron chi connectivity index (χ2n) is 3.86. The topological polar surface area (TPSA) is 82.5 Å². The number of nitrogens with zero attached hydrogens (tertiary/aromatic N) is 1. The third kappa shape index (κ3) is 4.40. The lowest BCUT2D eigenvalue weighted by Crippen LogP contribution is -2.10. The fourth-order valence-corrected chi connectivity index (χ4v) is 1.48. The van der Waals surface area contributed by atoms with E-state index in [1.807, 2.05) is 6.92 Å². The van der Waals surface area contributed by atoms with Crippen molar-refractivity contribution >= 4 is 11.8 Å². The highest BCUT2D eigenvalue weighted by Crippen LogP contribution is 2.13. The minimum atomic E-state index is -0.977. The molecule has 5 heteroatoms. The molecule has 0 aliphatic carbocycles. The summed E-state index contributed by atoms with van der Waals surface area (Å²) < 4.78 is 0. The van der Waals surface area contributed by atoms with Gasteiger partial charge in [0.15, 0.2) is 0 Å². The van der Waals surface area contributed by atoms with Crippen LogP contribution < -0.4 is 5.32 Å². The molecule has 0 atom stereocenters. The first-order valence-electron chi connectivity index (χ1n) is 5.71. The van der Waals surface area contributed by atoms with Gasteiger partial charge in [0.25, 0.3) is 0 Å². The summed E-state index contributed by atoms with van der Waals surface area (Å²) in [5.41, 5.74) is 0.977. The molecule has 17 heavy (non-hydrogen) atoms. The number of hydrogen-bond donors (Lipinski definition) is 3. The summed E-state index contributed by atoms with van der Waals surface area (Å²) in [6, 6.07) is 3.24. The number of nitrogens with one attached hydrogen (secondary N) is 1. The molecular formula is C12H18N2O3. The van der Waals surface area contributed by atoms with Crippen LogP contribution in [0.1, 0.15) is 35.3 Å². The molecule has 0 unspecified atom stereocenters. The van der Waals surface area contributed by atoms with Crippen molar-refractivity contribution in [1.29, 1.82) is 0 Å². The van der Waals surface area contributed by atoms with Crippen LogP contribution in [0.2, 0.25) is 0 Å². The van der Waals surface area contributed by atoms with Crippen LogP contribution in [-0.4, -0.2) is 34.3 Å². The predicted octanol–water partition coefficient (Wildman–Crippen LogP) is 1.66. The Bertz CT molecular complexity index is 380. The van der Waals surface area contributed by atoms with Gasteiger partial charge in [0.05, 0.1) is 0 Å². The molecule has 1 aromatic rings. The Morgan fingerprint density at radius 1 is 1.35 bits per heavy atom. The van der Waals surface area contributed by atoms with Crippen LogP contribution in [0.15, 0.2) is 12.1 Å². The molecule has 94 valence electrons. The van der Waals surface area contributed by atoms with E-state index in [-0.39, 0.29) is 12.2 Å². The van der Waals surface area contributed by atoms with E-state index in [0.717, 1.165) is 25.0 Å². The zero-order valence-electron chi connectivity index (χ0n) is 9.94. The Kier molecular flexibility index (Phi) is 5.42. The first-order chi connectivity index (χ1) is 8.15. The summed E-state index contributed by atoms with van der Waals surface area (Å²) in [4.78, 5) is 15.1. The number of aromatic nitrogens is 1. The maximum absolute atomic E-state index is 11.0. The van der Waals surface area contributed by atoms with Gasteiger partial charge in [0.2, 0.25) is 0 Å². The first-order valence-corrected chi connectivity index (χ1v) is 5.71. The van der Waals surface area contributed by atoms with Crippen LogP contribution in [0.4, 0.5) is 5.82 Å². The Morgan fingerprint density at radius 2 is 2.12 bits per heavy atom. The summed E-state index contributed by atoms with van der Waals surface area (Å²) in [5.74, 6) is -0.558. The van der Waals surface area contributed by atoms with Gasteiger partial charge >= 0.3 is 5.97 Å². The first kappa shape index (κ1) is 13.4. The summed E-state index contributed by atoms with van der Waals surface area (Å²) in [6.45, 7) is 2.68. The number of anilines is 1. The molecule has 1 aromatic heterocycles. The number of aliphatic hydroxyl groups excluding tert-OH is 1.